The quantitative estimate of drug-likeness (QED) is 0.801. The molecule has 4 heteroatoms. The van der Waals surface area contributed by atoms with E-state index in [2.05, 4.69) is 0 Å². The van der Waals surface area contributed by atoms with Gasteiger partial charge >= 0.3 is 0 Å². The molecule has 1 heterocycles. The lowest BCUT2D eigenvalue weighted by molar-refractivity contribution is 0.1000. The van der Waals surface area contributed by atoms with E-state index in [9.17, 15) is 4.79 Å². The van der Waals surface area contributed by atoms with Gasteiger partial charge in [0.25, 0.3) is 0 Å². The molecule has 3 rings (SSSR count). The predicted octanol–water partition coefficient (Wildman–Crippen LogP) is 3.98. The van der Waals surface area contributed by atoms with Crippen molar-refractivity contribution in [1.29, 1.82) is 0 Å². The van der Waals surface area contributed by atoms with Crippen molar-refractivity contribution in [3.8, 4) is 17.2 Å². The van der Waals surface area contributed by atoms with Crippen LogP contribution in [0, 0.1) is 13.8 Å². The molecule has 0 spiro atoms. The minimum absolute atomic E-state index is 0.00128. The number of carbonyl (C=O) groups is 1. The molecule has 2 aromatic rings. The largest absolute Gasteiger partial charge is 0.493 e. The monoisotopic (exact) mass is 324 g/mol. The SMILES string of the molecule is COc1cccc(/C=C2\COc3cc(C)cc(C)c3C2=O)c1OC. The third-order valence-corrected chi connectivity index (χ3v) is 4.11. The highest BCUT2D eigenvalue weighted by molar-refractivity contribution is 6.15. The van der Waals surface area contributed by atoms with Crippen LogP contribution in [0.5, 0.6) is 17.2 Å². The van der Waals surface area contributed by atoms with Crippen LogP contribution in [0.3, 0.4) is 0 Å². The minimum Gasteiger partial charge on any atom is -0.493 e. The standard InChI is InChI=1S/C20H20O4/c1-12-8-13(2)18-17(9-12)24-11-15(19(18)21)10-14-6-5-7-16(22-3)20(14)23-4/h5-10H,11H2,1-4H3/b15-10+. The first kappa shape index (κ1) is 16.1. The fraction of sp³-hybridized carbons (Fsp3) is 0.250. The number of rotatable bonds is 3. The van der Waals surface area contributed by atoms with Gasteiger partial charge in [-0.1, -0.05) is 18.2 Å². The summed E-state index contributed by atoms with van der Waals surface area (Å²) in [5.41, 5.74) is 4.04. The summed E-state index contributed by atoms with van der Waals surface area (Å²) in [5.74, 6) is 1.89. The van der Waals surface area contributed by atoms with Gasteiger partial charge in [0.2, 0.25) is 0 Å². The van der Waals surface area contributed by atoms with Crippen molar-refractivity contribution in [3.05, 3.63) is 58.2 Å². The number of aryl methyl sites for hydroxylation is 2. The van der Waals surface area contributed by atoms with Gasteiger partial charge < -0.3 is 14.2 Å². The number of hydrogen-bond acceptors (Lipinski definition) is 4. The lowest BCUT2D eigenvalue weighted by atomic mass is 9.93. The molecule has 0 bridgehead atoms. The molecule has 1 aliphatic rings. The smallest absolute Gasteiger partial charge is 0.196 e. The summed E-state index contributed by atoms with van der Waals surface area (Å²) < 4.78 is 16.6. The normalized spacial score (nSPS) is 15.0. The molecule has 0 unspecified atom stereocenters. The molecule has 2 aromatic carbocycles. The Morgan fingerprint density at radius 2 is 1.92 bits per heavy atom. The Kier molecular flexibility index (Phi) is 4.30. The predicted molar refractivity (Wildman–Crippen MR) is 93.3 cm³/mol. The van der Waals surface area contributed by atoms with Crippen molar-refractivity contribution < 1.29 is 19.0 Å². The molecule has 124 valence electrons. The zero-order chi connectivity index (χ0) is 17.3. The van der Waals surface area contributed by atoms with E-state index >= 15 is 0 Å². The van der Waals surface area contributed by atoms with E-state index in [1.54, 1.807) is 14.2 Å². The first-order valence-corrected chi connectivity index (χ1v) is 7.75. The lowest BCUT2D eigenvalue weighted by Gasteiger charge is -2.21. The summed E-state index contributed by atoms with van der Waals surface area (Å²) in [5, 5.41) is 0. The Bertz CT molecular complexity index is 834. The molecule has 4 nitrogen and oxygen atoms in total. The molecular formula is C20H20O4. The highest BCUT2D eigenvalue weighted by atomic mass is 16.5. The number of para-hydroxylation sites is 1. The van der Waals surface area contributed by atoms with Gasteiger partial charge in [-0.3, -0.25) is 4.79 Å². The topological polar surface area (TPSA) is 44.8 Å². The summed E-state index contributed by atoms with van der Waals surface area (Å²) in [6.07, 6.45) is 1.81. The Hall–Kier alpha value is -2.75. The van der Waals surface area contributed by atoms with Gasteiger partial charge in [0, 0.05) is 11.1 Å². The van der Waals surface area contributed by atoms with E-state index in [4.69, 9.17) is 14.2 Å². The second-order valence-electron chi connectivity index (χ2n) is 5.83. The molecule has 0 radical (unpaired) electrons. The van der Waals surface area contributed by atoms with Crippen molar-refractivity contribution >= 4 is 11.9 Å². The number of Topliss-reactive ketones (excluding diaryl/α,β-unsaturated/α-hetero) is 1. The van der Waals surface area contributed by atoms with Crippen LogP contribution in [-0.2, 0) is 0 Å². The van der Waals surface area contributed by atoms with Crippen molar-refractivity contribution in [2.45, 2.75) is 13.8 Å². The van der Waals surface area contributed by atoms with Crippen molar-refractivity contribution in [2.75, 3.05) is 20.8 Å². The summed E-state index contributed by atoms with van der Waals surface area (Å²) >= 11 is 0. The van der Waals surface area contributed by atoms with Crippen LogP contribution in [0.4, 0.5) is 0 Å². The van der Waals surface area contributed by atoms with Gasteiger partial charge in [0.15, 0.2) is 17.3 Å². The van der Waals surface area contributed by atoms with E-state index in [-0.39, 0.29) is 12.4 Å². The molecule has 0 aliphatic carbocycles. The maximum Gasteiger partial charge on any atom is 0.196 e. The van der Waals surface area contributed by atoms with E-state index in [1.165, 1.54) is 0 Å². The molecule has 0 saturated carbocycles. The second-order valence-corrected chi connectivity index (χ2v) is 5.83. The summed E-state index contributed by atoms with van der Waals surface area (Å²) in [7, 11) is 3.17. The van der Waals surface area contributed by atoms with Gasteiger partial charge in [0.1, 0.15) is 12.4 Å². The third kappa shape index (κ3) is 2.75. The van der Waals surface area contributed by atoms with Crippen molar-refractivity contribution in [2.24, 2.45) is 0 Å². The molecular weight excluding hydrogens is 304 g/mol. The molecule has 0 amide bonds. The molecule has 0 atom stereocenters. The van der Waals surface area contributed by atoms with Gasteiger partial charge in [-0.2, -0.15) is 0 Å². The van der Waals surface area contributed by atoms with Crippen molar-refractivity contribution in [1.82, 2.24) is 0 Å². The van der Waals surface area contributed by atoms with Gasteiger partial charge in [-0.15, -0.1) is 0 Å². The Morgan fingerprint density at radius 3 is 2.62 bits per heavy atom. The van der Waals surface area contributed by atoms with E-state index < -0.39 is 0 Å². The van der Waals surface area contributed by atoms with E-state index in [0.29, 0.717) is 28.4 Å². The average molecular weight is 324 g/mol. The first-order chi connectivity index (χ1) is 11.5. The van der Waals surface area contributed by atoms with Gasteiger partial charge in [-0.25, -0.2) is 0 Å². The number of hydrogen-bond donors (Lipinski definition) is 0. The molecule has 0 N–H and O–H groups in total. The Balaban J connectivity index is 2.06. The maximum absolute atomic E-state index is 12.9. The van der Waals surface area contributed by atoms with Crippen LogP contribution < -0.4 is 14.2 Å². The van der Waals surface area contributed by atoms with Crippen LogP contribution in [0.1, 0.15) is 27.0 Å². The van der Waals surface area contributed by atoms with Crippen LogP contribution in [-0.4, -0.2) is 26.6 Å². The third-order valence-electron chi connectivity index (χ3n) is 4.11. The van der Waals surface area contributed by atoms with Crippen molar-refractivity contribution in [3.63, 3.8) is 0 Å². The van der Waals surface area contributed by atoms with Crippen LogP contribution in [0.15, 0.2) is 35.9 Å². The van der Waals surface area contributed by atoms with Gasteiger partial charge in [-0.05, 0) is 43.2 Å². The highest BCUT2D eigenvalue weighted by Gasteiger charge is 2.26. The number of fused-ring (bicyclic) bond motifs is 1. The molecule has 24 heavy (non-hydrogen) atoms. The number of carbonyl (C=O) groups excluding carboxylic acids is 1. The van der Waals surface area contributed by atoms with Crippen LogP contribution in [0.25, 0.3) is 6.08 Å². The summed E-state index contributed by atoms with van der Waals surface area (Å²) in [6.45, 7) is 4.17. The summed E-state index contributed by atoms with van der Waals surface area (Å²) in [4.78, 5) is 12.9. The van der Waals surface area contributed by atoms with E-state index in [0.717, 1.165) is 16.7 Å². The fourth-order valence-electron chi connectivity index (χ4n) is 3.04. The summed E-state index contributed by atoms with van der Waals surface area (Å²) in [6, 6.07) is 9.48. The molecule has 1 aliphatic heterocycles. The maximum atomic E-state index is 12.9. The Morgan fingerprint density at radius 1 is 1.12 bits per heavy atom. The van der Waals surface area contributed by atoms with Crippen LogP contribution >= 0.6 is 0 Å². The number of methoxy groups -OCH3 is 2. The lowest BCUT2D eigenvalue weighted by Crippen LogP contribution is -2.20. The molecule has 0 saturated heterocycles. The minimum atomic E-state index is -0.00128. The van der Waals surface area contributed by atoms with Crippen LogP contribution in [0.2, 0.25) is 0 Å². The molecule has 0 aromatic heterocycles. The van der Waals surface area contributed by atoms with E-state index in [1.807, 2.05) is 50.3 Å². The number of ketones is 1. The Labute approximate surface area is 141 Å². The fourth-order valence-corrected chi connectivity index (χ4v) is 3.04. The first-order valence-electron chi connectivity index (χ1n) is 7.75. The second kappa shape index (κ2) is 6.40. The van der Waals surface area contributed by atoms with Gasteiger partial charge in [0.05, 0.1) is 19.8 Å². The molecule has 0 fully saturated rings. The highest BCUT2D eigenvalue weighted by Crippen LogP contribution is 2.35. The number of benzene rings is 2. The zero-order valence-corrected chi connectivity index (χ0v) is 14.3. The zero-order valence-electron chi connectivity index (χ0n) is 14.3. The average Bonchev–Trinajstić information content (AvgIpc) is 2.56. The number of ether oxygens (including phenoxy) is 3.